The van der Waals surface area contributed by atoms with Gasteiger partial charge in [-0.05, 0) is 74.3 Å². The van der Waals surface area contributed by atoms with Crippen molar-refractivity contribution in [1.29, 1.82) is 0 Å². The summed E-state index contributed by atoms with van der Waals surface area (Å²) in [5.41, 5.74) is 3.24. The van der Waals surface area contributed by atoms with E-state index >= 15 is 0 Å². The second-order valence-electron chi connectivity index (χ2n) is 13.2. The molecule has 1 aromatic heterocycles. The Kier molecular flexibility index (Phi) is 7.80. The highest BCUT2D eigenvalue weighted by atomic mass is 19.1. The molecule has 1 N–H and O–H groups in total. The summed E-state index contributed by atoms with van der Waals surface area (Å²) in [4.78, 5) is 22.4. The molecule has 4 aliphatic rings. The number of ether oxygens (including phenoxy) is 1. The van der Waals surface area contributed by atoms with Gasteiger partial charge in [0.05, 0.1) is 24.2 Å². The SMILES string of the molecule is Cc1nc2ccccc2n1C1CC2COCC(C1)N2C[C@H]1CN([C@@H](C(=O)O)C2CCCCC2)C[C@@H]1c1cccc(F)c1. The van der Waals surface area contributed by atoms with Crippen LogP contribution >= 0.6 is 0 Å². The van der Waals surface area contributed by atoms with Gasteiger partial charge >= 0.3 is 5.97 Å². The number of fused-ring (bicyclic) bond motifs is 3. The largest absolute Gasteiger partial charge is 0.480 e. The van der Waals surface area contributed by atoms with Crippen molar-refractivity contribution in [2.75, 3.05) is 32.8 Å². The van der Waals surface area contributed by atoms with Crippen molar-refractivity contribution in [3.63, 3.8) is 0 Å². The van der Waals surface area contributed by atoms with Crippen LogP contribution in [0, 0.1) is 24.6 Å². The van der Waals surface area contributed by atoms with Crippen molar-refractivity contribution in [3.8, 4) is 0 Å². The van der Waals surface area contributed by atoms with Gasteiger partial charge in [0, 0.05) is 43.7 Å². The number of carboxylic acid groups (broad SMARTS) is 1. The molecule has 4 fully saturated rings. The second kappa shape index (κ2) is 11.7. The van der Waals surface area contributed by atoms with E-state index in [0.29, 0.717) is 37.9 Å². The normalized spacial score (nSPS) is 30.1. The number of aromatic nitrogens is 2. The zero-order valence-corrected chi connectivity index (χ0v) is 24.6. The van der Waals surface area contributed by atoms with Gasteiger partial charge in [-0.2, -0.15) is 0 Å². The highest BCUT2D eigenvalue weighted by molar-refractivity contribution is 5.76. The number of hydrogen-bond acceptors (Lipinski definition) is 5. The van der Waals surface area contributed by atoms with Crippen LogP contribution in [0.25, 0.3) is 11.0 Å². The molecule has 5 atom stereocenters. The number of hydrogen-bond donors (Lipinski definition) is 1. The molecule has 3 aliphatic heterocycles. The standard InChI is InChI=1S/C34H43FN4O3/c1-22-36-31-12-5-6-13-32(31)39(22)27-15-28-20-42-21-29(16-27)38(28)18-25-17-37(19-30(25)24-10-7-11-26(35)14-24)33(34(40)41)23-8-3-2-4-9-23/h5-7,10-14,23,25,27-30,33H,2-4,8-9,15-21H2,1H3,(H,40,41)/t25-,27?,28?,29?,30-,33-/m1/s1. The zero-order valence-electron chi connectivity index (χ0n) is 24.6. The van der Waals surface area contributed by atoms with Crippen molar-refractivity contribution in [2.24, 2.45) is 11.8 Å². The van der Waals surface area contributed by atoms with E-state index in [9.17, 15) is 14.3 Å². The molecule has 0 radical (unpaired) electrons. The van der Waals surface area contributed by atoms with Gasteiger partial charge in [0.1, 0.15) is 17.7 Å². The lowest BCUT2D eigenvalue weighted by Crippen LogP contribution is -2.58. The lowest BCUT2D eigenvalue weighted by molar-refractivity contribution is -0.145. The van der Waals surface area contributed by atoms with Crippen molar-refractivity contribution >= 4 is 17.0 Å². The average Bonchev–Trinajstić information content (AvgIpc) is 3.53. The van der Waals surface area contributed by atoms with Crippen LogP contribution in [0.2, 0.25) is 0 Å². The summed E-state index contributed by atoms with van der Waals surface area (Å²) in [6, 6.07) is 15.9. The molecule has 7 nitrogen and oxygen atoms in total. The number of nitrogens with zero attached hydrogens (tertiary/aromatic N) is 4. The Hall–Kier alpha value is -2.81. The summed E-state index contributed by atoms with van der Waals surface area (Å²) >= 11 is 0. The molecule has 224 valence electrons. The third-order valence-corrected chi connectivity index (χ3v) is 10.7. The third-order valence-electron chi connectivity index (χ3n) is 10.7. The van der Waals surface area contributed by atoms with Crippen LogP contribution in [0.1, 0.15) is 68.3 Å². The smallest absolute Gasteiger partial charge is 0.321 e. The number of imidazole rings is 1. The molecular weight excluding hydrogens is 531 g/mol. The first-order valence-corrected chi connectivity index (χ1v) is 16.0. The maximum atomic E-state index is 14.4. The van der Waals surface area contributed by atoms with Crippen molar-refractivity contribution in [3.05, 3.63) is 65.7 Å². The third kappa shape index (κ3) is 5.26. The maximum absolute atomic E-state index is 14.4. The van der Waals surface area contributed by atoms with Crippen molar-refractivity contribution in [2.45, 2.75) is 82.0 Å². The summed E-state index contributed by atoms with van der Waals surface area (Å²) in [7, 11) is 0. The Bertz CT molecular complexity index is 1410. The molecule has 3 saturated heterocycles. The molecule has 1 aliphatic carbocycles. The number of likely N-dealkylation sites (tertiary alicyclic amines) is 1. The summed E-state index contributed by atoms with van der Waals surface area (Å²) < 4.78 is 23.0. The minimum Gasteiger partial charge on any atom is -0.480 e. The topological polar surface area (TPSA) is 70.8 Å². The minimum absolute atomic E-state index is 0.102. The first kappa shape index (κ1) is 28.0. The van der Waals surface area contributed by atoms with Crippen molar-refractivity contribution in [1.82, 2.24) is 19.4 Å². The van der Waals surface area contributed by atoms with Gasteiger partial charge in [-0.1, -0.05) is 43.5 Å². The Morgan fingerprint density at radius 3 is 2.52 bits per heavy atom. The number of aliphatic carboxylic acids is 1. The summed E-state index contributed by atoms with van der Waals surface area (Å²) in [5, 5.41) is 10.4. The van der Waals surface area contributed by atoms with Crippen LogP contribution in [0.15, 0.2) is 48.5 Å². The highest BCUT2D eigenvalue weighted by Gasteiger charge is 2.46. The average molecular weight is 575 g/mol. The lowest BCUT2D eigenvalue weighted by Gasteiger charge is -2.50. The quantitative estimate of drug-likeness (QED) is 0.394. The molecular formula is C34H43FN4O3. The predicted octanol–water partition coefficient (Wildman–Crippen LogP) is 5.64. The molecule has 2 bridgehead atoms. The molecule has 1 saturated carbocycles. The predicted molar refractivity (Wildman–Crippen MR) is 160 cm³/mol. The number of aryl methyl sites for hydroxylation is 1. The van der Waals surface area contributed by atoms with E-state index in [1.165, 1.54) is 18.0 Å². The number of halogens is 1. The van der Waals surface area contributed by atoms with Gasteiger partial charge in [-0.25, -0.2) is 9.37 Å². The zero-order chi connectivity index (χ0) is 28.8. The van der Waals surface area contributed by atoms with Crippen LogP contribution in [0.4, 0.5) is 4.39 Å². The molecule has 0 amide bonds. The number of benzene rings is 2. The highest BCUT2D eigenvalue weighted by Crippen LogP contribution is 2.42. The fraction of sp³-hybridized carbons (Fsp3) is 0.588. The Morgan fingerprint density at radius 2 is 1.79 bits per heavy atom. The Balaban J connectivity index is 1.15. The summed E-state index contributed by atoms with van der Waals surface area (Å²) in [5.74, 6) is 0.668. The van der Waals surface area contributed by atoms with Crippen LogP contribution in [-0.2, 0) is 9.53 Å². The Morgan fingerprint density at radius 1 is 1.02 bits per heavy atom. The second-order valence-corrected chi connectivity index (χ2v) is 13.2. The van der Waals surface area contributed by atoms with Gasteiger partial charge in [0.2, 0.25) is 0 Å². The number of morpholine rings is 1. The minimum atomic E-state index is -0.699. The molecule has 2 aromatic carbocycles. The number of rotatable bonds is 7. The van der Waals surface area contributed by atoms with Gasteiger partial charge in [0.15, 0.2) is 0 Å². The van der Waals surface area contributed by atoms with Gasteiger partial charge in [-0.15, -0.1) is 0 Å². The van der Waals surface area contributed by atoms with Gasteiger partial charge in [-0.3, -0.25) is 14.6 Å². The Labute approximate surface area is 247 Å². The van der Waals surface area contributed by atoms with E-state index in [0.717, 1.165) is 68.5 Å². The van der Waals surface area contributed by atoms with Crippen molar-refractivity contribution < 1.29 is 19.0 Å². The molecule has 7 rings (SSSR count). The van der Waals surface area contributed by atoms with E-state index in [4.69, 9.17) is 9.72 Å². The molecule has 3 aromatic rings. The number of carboxylic acids is 1. The number of carbonyl (C=O) groups is 1. The molecule has 42 heavy (non-hydrogen) atoms. The first-order chi connectivity index (χ1) is 20.5. The van der Waals surface area contributed by atoms with Gasteiger partial charge in [0.25, 0.3) is 0 Å². The molecule has 0 spiro atoms. The maximum Gasteiger partial charge on any atom is 0.321 e. The van der Waals surface area contributed by atoms with Crippen LogP contribution < -0.4 is 0 Å². The van der Waals surface area contributed by atoms with Crippen LogP contribution in [0.5, 0.6) is 0 Å². The summed E-state index contributed by atoms with van der Waals surface area (Å²) in [6.07, 6.45) is 7.40. The van der Waals surface area contributed by atoms with E-state index in [1.54, 1.807) is 12.1 Å². The summed E-state index contributed by atoms with van der Waals surface area (Å²) in [6.45, 7) is 5.81. The monoisotopic (exact) mass is 574 g/mol. The molecule has 4 heterocycles. The van der Waals surface area contributed by atoms with Crippen LogP contribution in [0.3, 0.4) is 0 Å². The fourth-order valence-electron chi connectivity index (χ4n) is 8.90. The van der Waals surface area contributed by atoms with Gasteiger partial charge < -0.3 is 14.4 Å². The van der Waals surface area contributed by atoms with Crippen LogP contribution in [-0.4, -0.2) is 81.4 Å². The molecule has 8 heteroatoms. The molecule has 2 unspecified atom stereocenters. The van der Waals surface area contributed by atoms with E-state index in [2.05, 4.69) is 39.5 Å². The lowest BCUT2D eigenvalue weighted by atomic mass is 9.83. The number of piperidine rings is 1. The van der Waals surface area contributed by atoms with E-state index in [-0.39, 0.29) is 23.6 Å². The van der Waals surface area contributed by atoms with E-state index in [1.807, 2.05) is 12.1 Å². The fourth-order valence-corrected chi connectivity index (χ4v) is 8.90. The first-order valence-electron chi connectivity index (χ1n) is 16.0. The van der Waals surface area contributed by atoms with E-state index < -0.39 is 12.0 Å². The number of para-hydroxylation sites is 2.